The lowest BCUT2D eigenvalue weighted by Crippen LogP contribution is -2.60. The predicted octanol–water partition coefficient (Wildman–Crippen LogP) is 4.61. The number of nitrogens with two attached hydrogens (primary N) is 1. The van der Waals surface area contributed by atoms with Crippen LogP contribution in [0.1, 0.15) is 104 Å². The molecule has 39 heavy (non-hydrogen) atoms. The van der Waals surface area contributed by atoms with Crippen molar-refractivity contribution in [2.75, 3.05) is 0 Å². The molecule has 1 aliphatic rings. The minimum Gasteiger partial charge on any atom is -0.444 e. The zero-order valence-corrected chi connectivity index (χ0v) is 24.3. The molecular weight excluding hydrogens is 496 g/mol. The third-order valence-corrected chi connectivity index (χ3v) is 7.07. The highest BCUT2D eigenvalue weighted by atomic mass is 16.6. The fourth-order valence-electron chi connectivity index (χ4n) is 4.77. The molecule has 1 aromatic carbocycles. The monoisotopic (exact) mass is 542 g/mol. The molecule has 0 saturated heterocycles. The lowest BCUT2D eigenvalue weighted by atomic mass is 9.90. The van der Waals surface area contributed by atoms with Crippen LogP contribution in [0.3, 0.4) is 0 Å². The van der Waals surface area contributed by atoms with Gasteiger partial charge in [-0.2, -0.15) is 0 Å². The van der Waals surface area contributed by atoms with Crippen molar-refractivity contribution in [1.29, 1.82) is 0 Å². The van der Waals surface area contributed by atoms with E-state index in [1.165, 1.54) is 4.90 Å². The standard InChI is InChI=1S/C30H46N4O5/c1-8-20-14-13-15-21(18-20)25(26(36)32-22-16-11-10-12-17-22)34(30(6,7)9-2)27(37)23(19-24(31)35)33-28(38)39-29(3,4)5/h8,13-15,18,22-23,25H,1,9-12,16-17,19H2,2-7H3,(H2,31,35)(H,32,36)(H,33,38). The summed E-state index contributed by atoms with van der Waals surface area (Å²) < 4.78 is 5.35. The van der Waals surface area contributed by atoms with Crippen LogP contribution in [0.2, 0.25) is 0 Å². The molecule has 1 saturated carbocycles. The van der Waals surface area contributed by atoms with E-state index < -0.39 is 47.6 Å². The van der Waals surface area contributed by atoms with Crippen molar-refractivity contribution in [1.82, 2.24) is 15.5 Å². The fraction of sp³-hybridized carbons (Fsp3) is 0.600. The summed E-state index contributed by atoms with van der Waals surface area (Å²) in [6.07, 6.45) is 5.83. The molecule has 2 unspecified atom stereocenters. The first-order valence-corrected chi connectivity index (χ1v) is 13.8. The van der Waals surface area contributed by atoms with Gasteiger partial charge in [-0.05, 0) is 71.1 Å². The Balaban J connectivity index is 2.60. The average molecular weight is 543 g/mol. The smallest absolute Gasteiger partial charge is 0.408 e. The SMILES string of the molecule is C=Cc1cccc(C(C(=O)NC2CCCCC2)N(C(=O)C(CC(N)=O)NC(=O)OC(C)(C)C)C(C)(C)CC)c1. The first kappa shape index (κ1) is 31.9. The van der Waals surface area contributed by atoms with E-state index in [9.17, 15) is 19.2 Å². The summed E-state index contributed by atoms with van der Waals surface area (Å²) in [6, 6.07) is 4.97. The maximum atomic E-state index is 14.3. The topological polar surface area (TPSA) is 131 Å². The Bertz CT molecular complexity index is 1040. The Labute approximate surface area is 232 Å². The summed E-state index contributed by atoms with van der Waals surface area (Å²) in [5.41, 5.74) is 5.24. The number of carbonyl (C=O) groups is 4. The van der Waals surface area contributed by atoms with Gasteiger partial charge in [0.2, 0.25) is 17.7 Å². The summed E-state index contributed by atoms with van der Waals surface area (Å²) in [5, 5.41) is 5.71. The number of primary amides is 1. The molecule has 9 nitrogen and oxygen atoms in total. The number of benzene rings is 1. The lowest BCUT2D eigenvalue weighted by Gasteiger charge is -2.45. The zero-order chi connectivity index (χ0) is 29.4. The highest BCUT2D eigenvalue weighted by molar-refractivity contribution is 5.95. The maximum absolute atomic E-state index is 14.3. The predicted molar refractivity (Wildman–Crippen MR) is 152 cm³/mol. The molecule has 0 radical (unpaired) electrons. The van der Waals surface area contributed by atoms with Crippen LogP contribution in [0.25, 0.3) is 6.08 Å². The largest absolute Gasteiger partial charge is 0.444 e. The molecule has 0 heterocycles. The molecule has 4 N–H and O–H groups in total. The fourth-order valence-corrected chi connectivity index (χ4v) is 4.77. The van der Waals surface area contributed by atoms with Crippen LogP contribution in [0, 0.1) is 0 Å². The molecule has 1 aromatic rings. The molecule has 216 valence electrons. The molecular formula is C30H46N4O5. The molecule has 1 fully saturated rings. The van der Waals surface area contributed by atoms with Gasteiger partial charge in [0, 0.05) is 11.6 Å². The minimum absolute atomic E-state index is 0.0133. The number of ether oxygens (including phenoxy) is 1. The van der Waals surface area contributed by atoms with Crippen LogP contribution < -0.4 is 16.4 Å². The molecule has 4 amide bonds. The number of carbonyl (C=O) groups excluding carboxylic acids is 4. The van der Waals surface area contributed by atoms with Gasteiger partial charge in [0.15, 0.2) is 0 Å². The Kier molecular flexibility index (Phi) is 11.1. The van der Waals surface area contributed by atoms with Crippen molar-refractivity contribution in [2.45, 2.75) is 116 Å². The maximum Gasteiger partial charge on any atom is 0.408 e. The third-order valence-electron chi connectivity index (χ3n) is 7.07. The number of alkyl carbamates (subject to hydrolysis) is 1. The van der Waals surface area contributed by atoms with Gasteiger partial charge >= 0.3 is 6.09 Å². The summed E-state index contributed by atoms with van der Waals surface area (Å²) in [6.45, 7) is 14.6. The van der Waals surface area contributed by atoms with E-state index >= 15 is 0 Å². The van der Waals surface area contributed by atoms with Gasteiger partial charge in [0.1, 0.15) is 17.7 Å². The van der Waals surface area contributed by atoms with E-state index in [1.54, 1.807) is 32.9 Å². The first-order chi connectivity index (χ1) is 18.2. The van der Waals surface area contributed by atoms with Gasteiger partial charge in [-0.25, -0.2) is 4.79 Å². The van der Waals surface area contributed by atoms with Crippen LogP contribution in [0.5, 0.6) is 0 Å². The van der Waals surface area contributed by atoms with E-state index in [-0.39, 0.29) is 11.9 Å². The minimum atomic E-state index is -1.32. The molecule has 2 rings (SSSR count). The Morgan fingerprint density at radius 1 is 1.13 bits per heavy atom. The number of hydrogen-bond donors (Lipinski definition) is 3. The van der Waals surface area contributed by atoms with E-state index in [4.69, 9.17) is 10.5 Å². The van der Waals surface area contributed by atoms with Crippen molar-refractivity contribution in [2.24, 2.45) is 5.73 Å². The van der Waals surface area contributed by atoms with Crippen LogP contribution in [0.4, 0.5) is 4.79 Å². The molecule has 9 heteroatoms. The van der Waals surface area contributed by atoms with Crippen LogP contribution in [0.15, 0.2) is 30.8 Å². The van der Waals surface area contributed by atoms with Gasteiger partial charge in [-0.1, -0.05) is 57.0 Å². The lowest BCUT2D eigenvalue weighted by molar-refractivity contribution is -0.150. The third kappa shape index (κ3) is 9.41. The second-order valence-electron chi connectivity index (χ2n) is 11.9. The van der Waals surface area contributed by atoms with E-state index in [2.05, 4.69) is 17.2 Å². The highest BCUT2D eigenvalue weighted by Gasteiger charge is 2.44. The van der Waals surface area contributed by atoms with Crippen molar-refractivity contribution in [3.8, 4) is 0 Å². The highest BCUT2D eigenvalue weighted by Crippen LogP contribution is 2.33. The van der Waals surface area contributed by atoms with Gasteiger partial charge in [0.25, 0.3) is 0 Å². The number of hydrogen-bond acceptors (Lipinski definition) is 5. The quantitative estimate of drug-likeness (QED) is 0.376. The molecule has 0 spiro atoms. The molecule has 0 aromatic heterocycles. The summed E-state index contributed by atoms with van der Waals surface area (Å²) in [7, 11) is 0. The molecule has 0 bridgehead atoms. The van der Waals surface area contributed by atoms with Gasteiger partial charge in [-0.3, -0.25) is 14.4 Å². The van der Waals surface area contributed by atoms with Gasteiger partial charge < -0.3 is 26.0 Å². The second kappa shape index (κ2) is 13.6. The number of amides is 4. The van der Waals surface area contributed by atoms with Crippen LogP contribution in [-0.2, 0) is 19.1 Å². The van der Waals surface area contributed by atoms with Crippen molar-refractivity contribution in [3.63, 3.8) is 0 Å². The van der Waals surface area contributed by atoms with E-state index in [0.29, 0.717) is 12.0 Å². The summed E-state index contributed by atoms with van der Waals surface area (Å²) >= 11 is 0. The summed E-state index contributed by atoms with van der Waals surface area (Å²) in [5.74, 6) is -1.68. The van der Waals surface area contributed by atoms with Crippen LogP contribution in [-0.4, -0.2) is 51.9 Å². The Morgan fingerprint density at radius 3 is 2.31 bits per heavy atom. The van der Waals surface area contributed by atoms with Gasteiger partial charge in [0.05, 0.1) is 6.42 Å². The van der Waals surface area contributed by atoms with E-state index in [0.717, 1.165) is 37.7 Å². The number of nitrogens with one attached hydrogen (secondary N) is 2. The Hall–Kier alpha value is -3.36. The average Bonchev–Trinajstić information content (AvgIpc) is 2.85. The zero-order valence-electron chi connectivity index (χ0n) is 24.3. The van der Waals surface area contributed by atoms with Crippen molar-refractivity contribution < 1.29 is 23.9 Å². The number of rotatable bonds is 11. The first-order valence-electron chi connectivity index (χ1n) is 13.8. The van der Waals surface area contributed by atoms with Crippen LogP contribution >= 0.6 is 0 Å². The number of nitrogens with zero attached hydrogens (tertiary/aromatic N) is 1. The summed E-state index contributed by atoms with van der Waals surface area (Å²) in [4.78, 5) is 54.5. The molecule has 1 aliphatic carbocycles. The Morgan fingerprint density at radius 2 is 1.77 bits per heavy atom. The van der Waals surface area contributed by atoms with E-state index in [1.807, 2.05) is 39.0 Å². The van der Waals surface area contributed by atoms with Crippen molar-refractivity contribution in [3.05, 3.63) is 42.0 Å². The second-order valence-corrected chi connectivity index (χ2v) is 11.9. The normalized spacial score (nSPS) is 15.9. The molecule has 0 aliphatic heterocycles. The van der Waals surface area contributed by atoms with Gasteiger partial charge in [-0.15, -0.1) is 0 Å². The van der Waals surface area contributed by atoms with Crippen molar-refractivity contribution >= 4 is 29.9 Å². The molecule has 2 atom stereocenters.